The Morgan fingerprint density at radius 2 is 1.94 bits per heavy atom. The molecule has 0 aromatic carbocycles. The lowest BCUT2D eigenvalue weighted by Crippen LogP contribution is -2.19. The van der Waals surface area contributed by atoms with Gasteiger partial charge in [-0.1, -0.05) is 45.4 Å². The van der Waals surface area contributed by atoms with E-state index >= 15 is 0 Å². The molecule has 0 amide bonds. The molecule has 2 fully saturated rings. The molecule has 0 aliphatic heterocycles. The summed E-state index contributed by atoms with van der Waals surface area (Å²) in [5.41, 5.74) is -0.434. The van der Waals surface area contributed by atoms with Crippen molar-refractivity contribution in [1.29, 1.82) is 0 Å². The van der Waals surface area contributed by atoms with Gasteiger partial charge in [-0.2, -0.15) is 0 Å². The zero-order valence-electron chi connectivity index (χ0n) is 11.3. The number of hydrogen-bond acceptors (Lipinski definition) is 2. The number of carbonyl (C=O) groups excluding carboxylic acids is 1. The largest absolute Gasteiger partial charge is 0.481 e. The van der Waals surface area contributed by atoms with E-state index in [0.29, 0.717) is 6.42 Å². The van der Waals surface area contributed by atoms with Crippen LogP contribution in [0.25, 0.3) is 0 Å². The number of carboxylic acids is 1. The minimum absolute atomic E-state index is 0.165. The normalized spacial score (nSPS) is 33.5. The Bertz CT molecular complexity index is 337. The van der Waals surface area contributed by atoms with Crippen molar-refractivity contribution in [3.05, 3.63) is 0 Å². The van der Waals surface area contributed by atoms with Gasteiger partial charge in [0, 0.05) is 11.8 Å². The number of fused-ring (bicyclic) bond motifs is 1. The van der Waals surface area contributed by atoms with Crippen LogP contribution in [0.4, 0.5) is 0 Å². The summed E-state index contributed by atoms with van der Waals surface area (Å²) >= 11 is 0. The van der Waals surface area contributed by atoms with E-state index in [-0.39, 0.29) is 17.6 Å². The molecule has 102 valence electrons. The number of ketones is 1. The van der Waals surface area contributed by atoms with Crippen molar-refractivity contribution in [1.82, 2.24) is 0 Å². The fourth-order valence-corrected chi connectivity index (χ4v) is 3.91. The van der Waals surface area contributed by atoms with Crippen molar-refractivity contribution in [3.63, 3.8) is 0 Å². The highest BCUT2D eigenvalue weighted by molar-refractivity contribution is 5.98. The minimum atomic E-state index is -0.751. The van der Waals surface area contributed by atoms with Gasteiger partial charge in [0.05, 0.1) is 5.92 Å². The van der Waals surface area contributed by atoms with Crippen molar-refractivity contribution in [2.24, 2.45) is 17.3 Å². The molecule has 3 nitrogen and oxygen atoms in total. The van der Waals surface area contributed by atoms with E-state index in [1.54, 1.807) is 0 Å². The van der Waals surface area contributed by atoms with Gasteiger partial charge < -0.3 is 5.11 Å². The quantitative estimate of drug-likeness (QED) is 0.673. The SMILES string of the molecule is CCCCCCCC[C@@]12C(=O)CC[C@H]1[C@H]2C(=O)O. The lowest BCUT2D eigenvalue weighted by Gasteiger charge is -2.12. The maximum absolute atomic E-state index is 12.0. The number of Topliss-reactive ketones (excluding diaryl/α,β-unsaturated/α-hetero) is 1. The van der Waals surface area contributed by atoms with Crippen LogP contribution < -0.4 is 0 Å². The van der Waals surface area contributed by atoms with Crippen LogP contribution in [0, 0.1) is 17.3 Å². The Morgan fingerprint density at radius 1 is 1.28 bits per heavy atom. The smallest absolute Gasteiger partial charge is 0.307 e. The molecular formula is C15H24O3. The molecule has 0 aromatic heterocycles. The third-order valence-electron chi connectivity index (χ3n) is 4.92. The summed E-state index contributed by atoms with van der Waals surface area (Å²) in [5, 5.41) is 9.16. The van der Waals surface area contributed by atoms with Crippen LogP contribution in [-0.4, -0.2) is 16.9 Å². The van der Waals surface area contributed by atoms with E-state index in [4.69, 9.17) is 5.11 Å². The number of aliphatic carboxylic acids is 1. The highest BCUT2D eigenvalue weighted by atomic mass is 16.4. The molecule has 0 heterocycles. The number of carbonyl (C=O) groups is 2. The van der Waals surface area contributed by atoms with Crippen molar-refractivity contribution in [2.75, 3.05) is 0 Å². The highest BCUT2D eigenvalue weighted by Gasteiger charge is 2.73. The Hall–Kier alpha value is -0.860. The van der Waals surface area contributed by atoms with E-state index in [0.717, 1.165) is 25.7 Å². The standard InChI is InChI=1S/C15H24O3/c1-2-3-4-5-6-7-10-15-11(8-9-12(15)16)13(15)14(17)18/h11,13H,2-10H2,1H3,(H,17,18)/t11-,13-,15-/m0/s1. The van der Waals surface area contributed by atoms with Crippen LogP contribution in [0.2, 0.25) is 0 Å². The molecule has 0 saturated heterocycles. The van der Waals surface area contributed by atoms with Crippen molar-refractivity contribution >= 4 is 11.8 Å². The number of unbranched alkanes of at least 4 members (excludes halogenated alkanes) is 5. The summed E-state index contributed by atoms with van der Waals surface area (Å²) in [7, 11) is 0. The first-order valence-electron chi connectivity index (χ1n) is 7.40. The van der Waals surface area contributed by atoms with Crippen molar-refractivity contribution in [2.45, 2.75) is 64.7 Å². The molecular weight excluding hydrogens is 228 g/mol. The molecule has 3 atom stereocenters. The summed E-state index contributed by atoms with van der Waals surface area (Å²) in [6, 6.07) is 0. The summed E-state index contributed by atoms with van der Waals surface area (Å²) in [6.07, 6.45) is 9.43. The second-order valence-corrected chi connectivity index (χ2v) is 5.94. The fraction of sp³-hybridized carbons (Fsp3) is 0.867. The monoisotopic (exact) mass is 252 g/mol. The summed E-state index contributed by atoms with van der Waals surface area (Å²) < 4.78 is 0. The Labute approximate surface area is 109 Å². The topological polar surface area (TPSA) is 54.4 Å². The van der Waals surface area contributed by atoms with Crippen LogP contribution in [0.15, 0.2) is 0 Å². The van der Waals surface area contributed by atoms with Crippen LogP contribution in [0.5, 0.6) is 0 Å². The zero-order valence-corrected chi connectivity index (χ0v) is 11.3. The summed E-state index contributed by atoms with van der Waals surface area (Å²) in [6.45, 7) is 2.20. The molecule has 18 heavy (non-hydrogen) atoms. The zero-order chi connectivity index (χ0) is 13.2. The average Bonchev–Trinajstić information content (AvgIpc) is 2.90. The Morgan fingerprint density at radius 3 is 2.56 bits per heavy atom. The van der Waals surface area contributed by atoms with E-state index < -0.39 is 11.4 Å². The Balaban J connectivity index is 1.77. The molecule has 0 spiro atoms. The maximum Gasteiger partial charge on any atom is 0.307 e. The molecule has 0 radical (unpaired) electrons. The number of hydrogen-bond donors (Lipinski definition) is 1. The van der Waals surface area contributed by atoms with E-state index in [2.05, 4.69) is 6.92 Å². The van der Waals surface area contributed by atoms with Crippen LogP contribution >= 0.6 is 0 Å². The molecule has 2 aliphatic rings. The van der Waals surface area contributed by atoms with Crippen LogP contribution in [0.3, 0.4) is 0 Å². The predicted octanol–water partition coefficient (Wildman–Crippen LogP) is 3.42. The fourth-order valence-electron chi connectivity index (χ4n) is 3.91. The van der Waals surface area contributed by atoms with Gasteiger partial charge in [0.1, 0.15) is 5.78 Å². The molecule has 0 unspecified atom stereocenters. The third-order valence-corrected chi connectivity index (χ3v) is 4.92. The Kier molecular flexibility index (Phi) is 4.08. The van der Waals surface area contributed by atoms with E-state index in [9.17, 15) is 9.59 Å². The maximum atomic E-state index is 12.0. The second-order valence-electron chi connectivity index (χ2n) is 5.94. The third kappa shape index (κ3) is 2.19. The summed E-state index contributed by atoms with van der Waals surface area (Å²) in [4.78, 5) is 23.1. The first-order valence-corrected chi connectivity index (χ1v) is 7.40. The first-order chi connectivity index (χ1) is 8.64. The van der Waals surface area contributed by atoms with Gasteiger partial charge in [0.2, 0.25) is 0 Å². The van der Waals surface area contributed by atoms with Gasteiger partial charge in [-0.3, -0.25) is 9.59 Å². The van der Waals surface area contributed by atoms with Gasteiger partial charge in [-0.05, 0) is 18.8 Å². The van der Waals surface area contributed by atoms with E-state index in [1.807, 2.05) is 0 Å². The lowest BCUT2D eigenvalue weighted by molar-refractivity contribution is -0.142. The second kappa shape index (κ2) is 5.41. The van der Waals surface area contributed by atoms with Crippen molar-refractivity contribution < 1.29 is 14.7 Å². The molecule has 0 aromatic rings. The number of carboxylic acid groups (broad SMARTS) is 1. The van der Waals surface area contributed by atoms with Gasteiger partial charge in [-0.15, -0.1) is 0 Å². The molecule has 2 rings (SSSR count). The molecule has 1 N–H and O–H groups in total. The van der Waals surface area contributed by atoms with Crippen molar-refractivity contribution in [3.8, 4) is 0 Å². The minimum Gasteiger partial charge on any atom is -0.481 e. The summed E-state index contributed by atoms with van der Waals surface area (Å²) in [5.74, 6) is -0.708. The molecule has 3 heteroatoms. The number of rotatable bonds is 8. The van der Waals surface area contributed by atoms with Gasteiger partial charge >= 0.3 is 5.97 Å². The lowest BCUT2D eigenvalue weighted by atomic mass is 9.91. The van der Waals surface area contributed by atoms with Crippen LogP contribution in [0.1, 0.15) is 64.7 Å². The molecule has 0 bridgehead atoms. The van der Waals surface area contributed by atoms with Gasteiger partial charge in [0.25, 0.3) is 0 Å². The first kappa shape index (κ1) is 13.6. The average molecular weight is 252 g/mol. The molecule has 2 saturated carbocycles. The highest BCUT2D eigenvalue weighted by Crippen LogP contribution is 2.68. The van der Waals surface area contributed by atoms with E-state index in [1.165, 1.54) is 25.7 Å². The molecule has 2 aliphatic carbocycles. The van der Waals surface area contributed by atoms with Gasteiger partial charge in [0.15, 0.2) is 0 Å². The van der Waals surface area contributed by atoms with Gasteiger partial charge in [-0.25, -0.2) is 0 Å². The van der Waals surface area contributed by atoms with Crippen LogP contribution in [-0.2, 0) is 9.59 Å². The predicted molar refractivity (Wildman–Crippen MR) is 69.3 cm³/mol.